The zero-order chi connectivity index (χ0) is 26.5. The quantitative estimate of drug-likeness (QED) is 0.221. The number of epoxide rings is 1. The molecule has 2 aromatic rings. The molecule has 2 fully saturated rings. The van der Waals surface area contributed by atoms with Crippen molar-refractivity contribution in [1.29, 1.82) is 0 Å². The number of benzene rings is 1. The van der Waals surface area contributed by atoms with Crippen molar-refractivity contribution in [3.05, 3.63) is 59.9 Å². The monoisotopic (exact) mass is 513 g/mol. The summed E-state index contributed by atoms with van der Waals surface area (Å²) in [6.45, 7) is 4.09. The van der Waals surface area contributed by atoms with Crippen LogP contribution >= 0.6 is 0 Å². The second kappa shape index (κ2) is 12.2. The van der Waals surface area contributed by atoms with Gasteiger partial charge in [0.15, 0.2) is 5.78 Å². The van der Waals surface area contributed by atoms with E-state index in [9.17, 15) is 24.9 Å². The van der Waals surface area contributed by atoms with Gasteiger partial charge in [-0.05, 0) is 48.9 Å². The molecule has 9 nitrogen and oxygen atoms in total. The number of Topliss-reactive ketones (excluding diaryl/α,β-unsaturated/α-hetero) is 2. The molecule has 2 aliphatic rings. The van der Waals surface area contributed by atoms with Gasteiger partial charge in [-0.15, -0.1) is 0 Å². The van der Waals surface area contributed by atoms with Crippen LogP contribution in [0.15, 0.2) is 48.8 Å². The minimum atomic E-state index is -1.16. The van der Waals surface area contributed by atoms with Gasteiger partial charge in [-0.3, -0.25) is 14.6 Å². The lowest BCUT2D eigenvalue weighted by atomic mass is 9.85. The number of carbonyl (C=O) groups excluding carboxylic acids is 2. The first-order chi connectivity index (χ1) is 17.7. The third-order valence-corrected chi connectivity index (χ3v) is 7.28. The summed E-state index contributed by atoms with van der Waals surface area (Å²) < 4.78 is 17.1. The zero-order valence-electron chi connectivity index (χ0n) is 21.1. The summed E-state index contributed by atoms with van der Waals surface area (Å²) in [5, 5.41) is 30.9. The number of hydrogen-bond acceptors (Lipinski definition) is 9. The summed E-state index contributed by atoms with van der Waals surface area (Å²) in [4.78, 5) is 29.1. The largest absolute Gasteiger partial charge is 0.489 e. The molecular formula is C28H35NO8. The minimum absolute atomic E-state index is 0.0330. The van der Waals surface area contributed by atoms with Gasteiger partial charge in [0.25, 0.3) is 0 Å². The number of pyridine rings is 1. The number of carbonyl (C=O) groups is 2. The Labute approximate surface area is 216 Å². The molecule has 1 aromatic heterocycles. The number of hydrogen-bond donors (Lipinski definition) is 3. The predicted octanol–water partition coefficient (Wildman–Crippen LogP) is 2.10. The summed E-state index contributed by atoms with van der Waals surface area (Å²) in [5.41, 5.74) is 1.37. The van der Waals surface area contributed by atoms with Gasteiger partial charge in [0.05, 0.1) is 43.5 Å². The van der Waals surface area contributed by atoms with Crippen LogP contribution in [-0.2, 0) is 20.9 Å². The first-order valence-corrected chi connectivity index (χ1v) is 12.7. The molecule has 2 saturated heterocycles. The molecule has 0 bridgehead atoms. The minimum Gasteiger partial charge on any atom is -0.489 e. The lowest BCUT2D eigenvalue weighted by Gasteiger charge is -2.37. The average Bonchev–Trinajstić information content (AvgIpc) is 3.66. The van der Waals surface area contributed by atoms with Gasteiger partial charge in [-0.1, -0.05) is 6.92 Å². The number of rotatable bonds is 12. The maximum Gasteiger partial charge on any atom is 0.170 e. The second-order valence-electron chi connectivity index (χ2n) is 10.1. The highest BCUT2D eigenvalue weighted by atomic mass is 16.6. The van der Waals surface area contributed by atoms with Crippen molar-refractivity contribution in [3.63, 3.8) is 0 Å². The highest BCUT2D eigenvalue weighted by Gasteiger charge is 2.48. The fraction of sp³-hybridized carbons (Fsp3) is 0.536. The van der Waals surface area contributed by atoms with Crippen LogP contribution in [0.5, 0.6) is 5.75 Å². The van der Waals surface area contributed by atoms with Crippen molar-refractivity contribution in [2.45, 2.75) is 76.3 Å². The van der Waals surface area contributed by atoms with Gasteiger partial charge >= 0.3 is 0 Å². The summed E-state index contributed by atoms with van der Waals surface area (Å²) in [6.07, 6.45) is -0.226. The number of aliphatic hydroxyl groups excluding tert-OH is 3. The highest BCUT2D eigenvalue weighted by Crippen LogP contribution is 2.37. The molecule has 4 rings (SSSR count). The molecule has 2 aliphatic heterocycles. The van der Waals surface area contributed by atoms with Gasteiger partial charge in [0, 0.05) is 42.6 Å². The van der Waals surface area contributed by atoms with Gasteiger partial charge in [-0.2, -0.15) is 0 Å². The van der Waals surface area contributed by atoms with Crippen LogP contribution < -0.4 is 4.74 Å². The Kier molecular flexibility index (Phi) is 9.04. The maximum atomic E-state index is 12.6. The third kappa shape index (κ3) is 7.21. The number of aliphatic hydroxyl groups is 3. The molecule has 0 saturated carbocycles. The molecule has 3 heterocycles. The normalized spacial score (nSPS) is 28.8. The number of nitrogens with zero attached hydrogens (tertiary/aromatic N) is 1. The van der Waals surface area contributed by atoms with Crippen LogP contribution in [0.1, 0.15) is 49.0 Å². The molecule has 0 unspecified atom stereocenters. The molecule has 37 heavy (non-hydrogen) atoms. The van der Waals surface area contributed by atoms with E-state index in [2.05, 4.69) is 4.98 Å². The van der Waals surface area contributed by atoms with E-state index in [1.54, 1.807) is 43.6 Å². The molecule has 1 aromatic carbocycles. The lowest BCUT2D eigenvalue weighted by molar-refractivity contribution is -0.170. The van der Waals surface area contributed by atoms with Crippen LogP contribution in [0, 0.1) is 11.8 Å². The fourth-order valence-electron chi connectivity index (χ4n) is 4.67. The van der Waals surface area contributed by atoms with Crippen LogP contribution in [0.3, 0.4) is 0 Å². The average molecular weight is 514 g/mol. The molecule has 9 heteroatoms. The Bertz CT molecular complexity index is 1040. The number of ketones is 2. The van der Waals surface area contributed by atoms with Gasteiger partial charge in [0.2, 0.25) is 0 Å². The van der Waals surface area contributed by atoms with Crippen molar-refractivity contribution < 1.29 is 39.1 Å². The van der Waals surface area contributed by atoms with Crippen LogP contribution in [0.4, 0.5) is 0 Å². The first kappa shape index (κ1) is 27.3. The lowest BCUT2D eigenvalue weighted by Crippen LogP contribution is -2.51. The zero-order valence-corrected chi connectivity index (χ0v) is 21.1. The van der Waals surface area contributed by atoms with E-state index >= 15 is 0 Å². The van der Waals surface area contributed by atoms with Gasteiger partial charge in [-0.25, -0.2) is 0 Å². The van der Waals surface area contributed by atoms with Crippen molar-refractivity contribution >= 4 is 11.6 Å². The SMILES string of the molecule is C[C@H]([C@@H]1O[C@H]1C[C@@H]1OC[C@H](CC(=O)CC(=O)c2ccc(OCc3ccncc3)cc2)[C@@H](O)[C@H]1O)[C@H](C)O. The first-order valence-electron chi connectivity index (χ1n) is 12.7. The summed E-state index contributed by atoms with van der Waals surface area (Å²) in [7, 11) is 0. The van der Waals surface area contributed by atoms with Crippen LogP contribution in [0.2, 0.25) is 0 Å². The molecule has 0 amide bonds. The van der Waals surface area contributed by atoms with Crippen LogP contribution in [0.25, 0.3) is 0 Å². The van der Waals surface area contributed by atoms with Gasteiger partial charge < -0.3 is 29.5 Å². The Balaban J connectivity index is 1.21. The fourth-order valence-corrected chi connectivity index (χ4v) is 4.67. The van der Waals surface area contributed by atoms with E-state index in [0.29, 0.717) is 24.3 Å². The van der Waals surface area contributed by atoms with Gasteiger partial charge in [0.1, 0.15) is 24.2 Å². The Morgan fingerprint density at radius 1 is 1.05 bits per heavy atom. The number of aromatic nitrogens is 1. The Morgan fingerprint density at radius 3 is 2.43 bits per heavy atom. The molecule has 0 radical (unpaired) electrons. The molecule has 8 atom stereocenters. The number of ether oxygens (including phenoxy) is 3. The third-order valence-electron chi connectivity index (χ3n) is 7.28. The van der Waals surface area contributed by atoms with Crippen molar-refractivity contribution in [3.8, 4) is 5.75 Å². The molecule has 3 N–H and O–H groups in total. The van der Waals surface area contributed by atoms with Crippen molar-refractivity contribution in [2.75, 3.05) is 6.61 Å². The summed E-state index contributed by atoms with van der Waals surface area (Å²) >= 11 is 0. The highest BCUT2D eigenvalue weighted by molar-refractivity contribution is 6.08. The van der Waals surface area contributed by atoms with E-state index in [1.165, 1.54) is 0 Å². The topological polar surface area (TPSA) is 139 Å². The smallest absolute Gasteiger partial charge is 0.170 e. The molecule has 200 valence electrons. The predicted molar refractivity (Wildman–Crippen MR) is 133 cm³/mol. The van der Waals surface area contributed by atoms with E-state index < -0.39 is 30.3 Å². The van der Waals surface area contributed by atoms with E-state index in [-0.39, 0.29) is 49.1 Å². The van der Waals surface area contributed by atoms with E-state index in [4.69, 9.17) is 14.2 Å². The Hall–Kier alpha value is -2.69. The van der Waals surface area contributed by atoms with Crippen molar-refractivity contribution in [1.82, 2.24) is 4.98 Å². The standard InChI is InChI=1S/C28H35NO8/c1-16(17(2)30)28-25(37-28)13-24-27(34)26(33)20(15-36-24)11-21(31)12-23(32)19-3-5-22(6-4-19)35-14-18-7-9-29-10-8-18/h3-10,16-17,20,24-28,30,33-34H,11-15H2,1-2H3/t16-,17-,20-,24-,25-,26+,27-,28-/m0/s1. The molecular weight excluding hydrogens is 478 g/mol. The van der Waals surface area contributed by atoms with Crippen molar-refractivity contribution in [2.24, 2.45) is 11.8 Å². The molecule has 0 spiro atoms. The van der Waals surface area contributed by atoms with E-state index in [0.717, 1.165) is 5.56 Å². The van der Waals surface area contributed by atoms with Crippen LogP contribution in [-0.4, -0.2) is 75.1 Å². The summed E-state index contributed by atoms with van der Waals surface area (Å²) in [6, 6.07) is 10.3. The Morgan fingerprint density at radius 2 is 1.76 bits per heavy atom. The maximum absolute atomic E-state index is 12.6. The second-order valence-corrected chi connectivity index (χ2v) is 10.1. The summed E-state index contributed by atoms with van der Waals surface area (Å²) in [5.74, 6) is -0.664. The molecule has 0 aliphatic carbocycles. The van der Waals surface area contributed by atoms with E-state index in [1.807, 2.05) is 19.1 Å².